The van der Waals surface area contributed by atoms with E-state index in [9.17, 15) is 9.90 Å². The summed E-state index contributed by atoms with van der Waals surface area (Å²) in [5.74, 6) is 0.807. The Hall–Kier alpha value is -1.30. The largest absolute Gasteiger partial charge is 0.469 e. The van der Waals surface area contributed by atoms with Crippen molar-refractivity contribution in [3.05, 3.63) is 0 Å². The second kappa shape index (κ2) is 8.70. The van der Waals surface area contributed by atoms with Crippen LogP contribution >= 0.6 is 0 Å². The Morgan fingerprint density at radius 3 is 2.62 bits per heavy atom. The molecule has 2 aliphatic rings. The van der Waals surface area contributed by atoms with Gasteiger partial charge in [0.05, 0.1) is 25.7 Å². The van der Waals surface area contributed by atoms with E-state index in [0.717, 1.165) is 57.7 Å². The maximum Gasteiger partial charge on any atom is 0.308 e. The van der Waals surface area contributed by atoms with Crippen LogP contribution in [0.15, 0.2) is 4.99 Å². The Balaban J connectivity index is 1.97. The fourth-order valence-corrected chi connectivity index (χ4v) is 3.74. The first-order chi connectivity index (χ1) is 11.5. The topological polar surface area (TPSA) is 74.2 Å². The van der Waals surface area contributed by atoms with Gasteiger partial charge in [0.2, 0.25) is 0 Å². The van der Waals surface area contributed by atoms with Gasteiger partial charge >= 0.3 is 5.97 Å². The van der Waals surface area contributed by atoms with Crippen LogP contribution in [0.4, 0.5) is 0 Å². The normalized spacial score (nSPS) is 29.4. The molecule has 0 spiro atoms. The monoisotopic (exact) mass is 339 g/mol. The number of carbonyl (C=O) groups excluding carboxylic acids is 1. The van der Waals surface area contributed by atoms with Gasteiger partial charge in [-0.15, -0.1) is 0 Å². The summed E-state index contributed by atoms with van der Waals surface area (Å²) in [7, 11) is 1.45. The van der Waals surface area contributed by atoms with E-state index < -0.39 is 0 Å². The minimum Gasteiger partial charge on any atom is -0.469 e. The van der Waals surface area contributed by atoms with Crippen molar-refractivity contribution in [3.8, 4) is 0 Å². The molecule has 1 aliphatic heterocycles. The lowest BCUT2D eigenvalue weighted by Crippen LogP contribution is -2.47. The number of guanidine groups is 1. The van der Waals surface area contributed by atoms with Crippen molar-refractivity contribution in [1.82, 2.24) is 10.2 Å². The quantitative estimate of drug-likeness (QED) is 0.464. The number of nitrogens with zero attached hydrogens (tertiary/aromatic N) is 2. The van der Waals surface area contributed by atoms with E-state index >= 15 is 0 Å². The molecule has 2 atom stereocenters. The van der Waals surface area contributed by atoms with E-state index in [2.05, 4.69) is 24.1 Å². The van der Waals surface area contributed by atoms with Gasteiger partial charge in [0, 0.05) is 25.0 Å². The first kappa shape index (κ1) is 19.0. The third-order valence-corrected chi connectivity index (χ3v) is 5.53. The third kappa shape index (κ3) is 4.62. The summed E-state index contributed by atoms with van der Waals surface area (Å²) in [6.45, 7) is 7.29. The molecule has 2 rings (SSSR count). The first-order valence-electron chi connectivity index (χ1n) is 9.29. The zero-order chi connectivity index (χ0) is 17.6. The molecule has 6 heteroatoms. The minimum atomic E-state index is -0.261. The molecule has 0 amide bonds. The predicted molar refractivity (Wildman–Crippen MR) is 94.9 cm³/mol. The van der Waals surface area contributed by atoms with Crippen LogP contribution in [0.5, 0.6) is 0 Å². The van der Waals surface area contributed by atoms with Crippen molar-refractivity contribution in [2.75, 3.05) is 33.3 Å². The van der Waals surface area contributed by atoms with Crippen molar-refractivity contribution < 1.29 is 14.6 Å². The first-order valence-corrected chi connectivity index (χ1v) is 9.29. The smallest absolute Gasteiger partial charge is 0.308 e. The molecular weight excluding hydrogens is 306 g/mol. The van der Waals surface area contributed by atoms with Gasteiger partial charge in [-0.25, -0.2) is 0 Å². The molecule has 1 saturated heterocycles. The average Bonchev–Trinajstić information content (AvgIpc) is 2.61. The highest BCUT2D eigenvalue weighted by atomic mass is 16.5. The number of aliphatic hydroxyl groups excluding tert-OH is 1. The third-order valence-electron chi connectivity index (χ3n) is 5.53. The van der Waals surface area contributed by atoms with E-state index in [4.69, 9.17) is 9.73 Å². The molecule has 0 aromatic carbocycles. The number of carbonyl (C=O) groups is 1. The van der Waals surface area contributed by atoms with Crippen LogP contribution in [0.1, 0.15) is 52.4 Å². The zero-order valence-electron chi connectivity index (χ0n) is 15.4. The van der Waals surface area contributed by atoms with Crippen LogP contribution < -0.4 is 5.32 Å². The van der Waals surface area contributed by atoms with Crippen LogP contribution in [0, 0.1) is 11.3 Å². The van der Waals surface area contributed by atoms with Gasteiger partial charge in [-0.2, -0.15) is 0 Å². The lowest BCUT2D eigenvalue weighted by atomic mass is 9.73. The maximum absolute atomic E-state index is 11.7. The van der Waals surface area contributed by atoms with Crippen molar-refractivity contribution in [1.29, 1.82) is 0 Å². The maximum atomic E-state index is 11.7. The van der Waals surface area contributed by atoms with Crippen LogP contribution in [-0.4, -0.2) is 61.3 Å². The van der Waals surface area contributed by atoms with Crippen LogP contribution in [0.2, 0.25) is 0 Å². The Morgan fingerprint density at radius 1 is 1.33 bits per heavy atom. The van der Waals surface area contributed by atoms with Gasteiger partial charge in [0.1, 0.15) is 0 Å². The Kier molecular flexibility index (Phi) is 6.90. The number of piperidine rings is 1. The van der Waals surface area contributed by atoms with Gasteiger partial charge in [-0.05, 0) is 32.6 Å². The molecule has 0 bridgehead atoms. The lowest BCUT2D eigenvalue weighted by Gasteiger charge is -2.38. The zero-order valence-corrected chi connectivity index (χ0v) is 15.4. The highest BCUT2D eigenvalue weighted by Crippen LogP contribution is 2.36. The standard InChI is InChI=1S/C18H33N3O3/c1-4-19-17(20-13-18(2)10-6-5-7-15(18)22)21-11-8-14(9-12-21)16(23)24-3/h14-15,22H,4-13H2,1-3H3,(H,19,20). The fraction of sp³-hybridized carbons (Fsp3) is 0.889. The summed E-state index contributed by atoms with van der Waals surface area (Å²) in [4.78, 5) is 18.7. The number of esters is 1. The number of hydrogen-bond donors (Lipinski definition) is 2. The second-order valence-electron chi connectivity index (χ2n) is 7.37. The van der Waals surface area contributed by atoms with Crippen LogP contribution in [0.25, 0.3) is 0 Å². The minimum absolute atomic E-state index is 0.00631. The fourth-order valence-electron chi connectivity index (χ4n) is 3.74. The van der Waals surface area contributed by atoms with E-state index in [1.54, 1.807) is 0 Å². The summed E-state index contributed by atoms with van der Waals surface area (Å²) >= 11 is 0. The van der Waals surface area contributed by atoms with Crippen LogP contribution in [0.3, 0.4) is 0 Å². The highest BCUT2D eigenvalue weighted by Gasteiger charge is 2.35. The summed E-state index contributed by atoms with van der Waals surface area (Å²) in [6, 6.07) is 0. The summed E-state index contributed by atoms with van der Waals surface area (Å²) in [5, 5.41) is 13.7. The predicted octanol–water partition coefficient (Wildman–Crippen LogP) is 1.78. The number of methoxy groups -OCH3 is 1. The summed E-state index contributed by atoms with van der Waals surface area (Å²) < 4.78 is 4.85. The highest BCUT2D eigenvalue weighted by molar-refractivity contribution is 5.80. The number of hydrogen-bond acceptors (Lipinski definition) is 4. The van der Waals surface area contributed by atoms with Crippen molar-refractivity contribution in [3.63, 3.8) is 0 Å². The van der Waals surface area contributed by atoms with Gasteiger partial charge < -0.3 is 20.1 Å². The van der Waals surface area contributed by atoms with Gasteiger partial charge in [0.15, 0.2) is 5.96 Å². The SMILES string of the molecule is CCNC(=NCC1(C)CCCCC1O)N1CCC(C(=O)OC)CC1. The molecule has 1 heterocycles. The van der Waals surface area contributed by atoms with Gasteiger partial charge in [0.25, 0.3) is 0 Å². The number of likely N-dealkylation sites (tertiary alicyclic amines) is 1. The van der Waals surface area contributed by atoms with E-state index in [1.165, 1.54) is 13.5 Å². The number of nitrogens with one attached hydrogen (secondary N) is 1. The molecule has 0 radical (unpaired) electrons. The number of aliphatic hydroxyl groups is 1. The van der Waals surface area contributed by atoms with E-state index in [1.807, 2.05) is 0 Å². The molecule has 2 fully saturated rings. The molecule has 6 nitrogen and oxygen atoms in total. The summed E-state index contributed by atoms with van der Waals surface area (Å²) in [5.41, 5.74) is -0.122. The average molecular weight is 339 g/mol. The molecule has 24 heavy (non-hydrogen) atoms. The molecule has 1 aliphatic carbocycles. The Morgan fingerprint density at radius 2 is 2.04 bits per heavy atom. The molecule has 2 unspecified atom stereocenters. The van der Waals surface area contributed by atoms with Crippen molar-refractivity contribution >= 4 is 11.9 Å². The molecular formula is C18H33N3O3. The van der Waals surface area contributed by atoms with Crippen LogP contribution in [-0.2, 0) is 9.53 Å². The van der Waals surface area contributed by atoms with Crippen molar-refractivity contribution in [2.24, 2.45) is 16.3 Å². The molecule has 138 valence electrons. The second-order valence-corrected chi connectivity index (χ2v) is 7.37. The van der Waals surface area contributed by atoms with Gasteiger partial charge in [-0.1, -0.05) is 19.8 Å². The molecule has 1 saturated carbocycles. The number of aliphatic imine (C=N–C) groups is 1. The van der Waals surface area contributed by atoms with Crippen molar-refractivity contribution in [2.45, 2.75) is 58.5 Å². The number of ether oxygens (including phenoxy) is 1. The van der Waals surface area contributed by atoms with Gasteiger partial charge in [-0.3, -0.25) is 9.79 Å². The summed E-state index contributed by atoms with van der Waals surface area (Å²) in [6.07, 6.45) is 5.54. The number of rotatable bonds is 4. The molecule has 2 N–H and O–H groups in total. The van der Waals surface area contributed by atoms with E-state index in [-0.39, 0.29) is 23.4 Å². The molecule has 0 aromatic heterocycles. The lowest BCUT2D eigenvalue weighted by molar-refractivity contribution is -0.146. The Labute approximate surface area is 145 Å². The van der Waals surface area contributed by atoms with E-state index in [0.29, 0.717) is 6.54 Å². The molecule has 0 aromatic rings. The Bertz CT molecular complexity index is 447.